The van der Waals surface area contributed by atoms with Crippen LogP contribution in [0.5, 0.6) is 0 Å². The van der Waals surface area contributed by atoms with Crippen LogP contribution in [0, 0.1) is 0 Å². The predicted molar refractivity (Wildman–Crippen MR) is 203 cm³/mol. The fourth-order valence-corrected chi connectivity index (χ4v) is 7.09. The second-order valence-electron chi connectivity index (χ2n) is 12.5. The number of hydrogen-bond donors (Lipinski definition) is 0. The number of nitrogens with zero attached hydrogens (tertiary/aromatic N) is 4. The lowest BCUT2D eigenvalue weighted by Crippen LogP contribution is -2.00. The molecule has 0 unspecified atom stereocenters. The van der Waals surface area contributed by atoms with E-state index in [0.717, 1.165) is 55.4 Å². The summed E-state index contributed by atoms with van der Waals surface area (Å²) in [5, 5.41) is 4.51. The van der Waals surface area contributed by atoms with Gasteiger partial charge < -0.3 is 8.98 Å². The lowest BCUT2D eigenvalue weighted by Gasteiger charge is -2.08. The molecule has 0 radical (unpaired) electrons. The average Bonchev–Trinajstić information content (AvgIpc) is 3.74. The summed E-state index contributed by atoms with van der Waals surface area (Å²) in [7, 11) is 0. The Kier molecular flexibility index (Phi) is 6.42. The summed E-state index contributed by atoms with van der Waals surface area (Å²) in [6, 6.07) is 58.6. The van der Waals surface area contributed by atoms with Gasteiger partial charge in [0.25, 0.3) is 0 Å². The van der Waals surface area contributed by atoms with Crippen LogP contribution in [0.25, 0.3) is 94.7 Å². The second kappa shape index (κ2) is 11.4. The van der Waals surface area contributed by atoms with Crippen LogP contribution in [0.4, 0.5) is 0 Å². The van der Waals surface area contributed by atoms with E-state index >= 15 is 0 Å². The highest BCUT2D eigenvalue weighted by Gasteiger charge is 2.19. The van der Waals surface area contributed by atoms with E-state index in [4.69, 9.17) is 19.4 Å². The standard InChI is InChI=1S/C45H28N4O/c1-4-13-29(14-5-1)43-46-44(30-15-6-2-7-16-30)48-45(47-43)37-21-12-20-36-35-25-23-32(28-41(35)50-42(36)37)31-24-26-40-38(27-31)34-19-10-11-22-39(34)49(40)33-17-8-3-9-18-33/h1-28H. The quantitative estimate of drug-likeness (QED) is 0.188. The molecule has 234 valence electrons. The molecule has 0 aliphatic rings. The first-order valence-electron chi connectivity index (χ1n) is 16.7. The minimum atomic E-state index is 0.572. The van der Waals surface area contributed by atoms with Crippen molar-refractivity contribution in [2.24, 2.45) is 0 Å². The molecule has 0 fully saturated rings. The van der Waals surface area contributed by atoms with Crippen LogP contribution in [0.3, 0.4) is 0 Å². The summed E-state index contributed by atoms with van der Waals surface area (Å²) in [6.07, 6.45) is 0. The third-order valence-electron chi connectivity index (χ3n) is 9.46. The molecule has 0 saturated heterocycles. The molecule has 0 aliphatic carbocycles. The van der Waals surface area contributed by atoms with Crippen LogP contribution < -0.4 is 0 Å². The first-order valence-corrected chi connectivity index (χ1v) is 16.7. The van der Waals surface area contributed by atoms with Crippen LogP contribution >= 0.6 is 0 Å². The Hall–Kier alpha value is -6.85. The van der Waals surface area contributed by atoms with Crippen molar-refractivity contribution in [2.45, 2.75) is 0 Å². The number of hydrogen-bond acceptors (Lipinski definition) is 4. The highest BCUT2D eigenvalue weighted by atomic mass is 16.3. The molecular formula is C45H28N4O. The Morgan fingerprint density at radius 2 is 0.960 bits per heavy atom. The maximum Gasteiger partial charge on any atom is 0.167 e. The fraction of sp³-hybridized carbons (Fsp3) is 0. The largest absolute Gasteiger partial charge is 0.455 e. The summed E-state index contributed by atoms with van der Waals surface area (Å²) in [5.41, 5.74) is 10.00. The number of benzene rings is 7. The molecule has 7 aromatic carbocycles. The Labute approximate surface area is 287 Å². The molecule has 3 heterocycles. The number of furan rings is 1. The zero-order chi connectivity index (χ0) is 33.0. The van der Waals surface area contributed by atoms with E-state index in [0.29, 0.717) is 17.5 Å². The Morgan fingerprint density at radius 3 is 1.70 bits per heavy atom. The molecule has 5 nitrogen and oxygen atoms in total. The van der Waals surface area contributed by atoms with E-state index < -0.39 is 0 Å². The SMILES string of the molecule is c1ccc(-c2nc(-c3ccccc3)nc(-c3cccc4c3oc3cc(-c5ccc6c(c5)c5ccccc5n6-c5ccccc5)ccc34)n2)cc1. The van der Waals surface area contributed by atoms with Gasteiger partial charge in [0, 0.05) is 38.4 Å². The van der Waals surface area contributed by atoms with Crippen molar-refractivity contribution in [3.05, 3.63) is 170 Å². The van der Waals surface area contributed by atoms with Gasteiger partial charge in [-0.05, 0) is 59.7 Å². The molecular weight excluding hydrogens is 613 g/mol. The van der Waals surface area contributed by atoms with Crippen molar-refractivity contribution in [1.29, 1.82) is 0 Å². The molecule has 5 heteroatoms. The van der Waals surface area contributed by atoms with E-state index in [9.17, 15) is 0 Å². The molecule has 0 aliphatic heterocycles. The molecule has 0 atom stereocenters. The van der Waals surface area contributed by atoms with Gasteiger partial charge in [0.1, 0.15) is 11.2 Å². The van der Waals surface area contributed by atoms with Gasteiger partial charge in [-0.25, -0.2) is 15.0 Å². The lowest BCUT2D eigenvalue weighted by atomic mass is 10.0. The first-order chi connectivity index (χ1) is 24.8. The average molecular weight is 641 g/mol. The van der Waals surface area contributed by atoms with Gasteiger partial charge in [0.15, 0.2) is 17.5 Å². The van der Waals surface area contributed by atoms with Crippen LogP contribution in [0.1, 0.15) is 0 Å². The summed E-state index contributed by atoms with van der Waals surface area (Å²) in [5.74, 6) is 1.81. The normalized spacial score (nSPS) is 11.6. The fourth-order valence-electron chi connectivity index (χ4n) is 7.09. The van der Waals surface area contributed by atoms with Crippen LogP contribution in [0.2, 0.25) is 0 Å². The Morgan fingerprint density at radius 1 is 0.380 bits per heavy atom. The smallest absolute Gasteiger partial charge is 0.167 e. The van der Waals surface area contributed by atoms with Gasteiger partial charge >= 0.3 is 0 Å². The van der Waals surface area contributed by atoms with Crippen molar-refractivity contribution in [3.8, 4) is 51.0 Å². The molecule has 0 amide bonds. The van der Waals surface area contributed by atoms with Gasteiger partial charge in [0.2, 0.25) is 0 Å². The number of aromatic nitrogens is 4. The molecule has 0 spiro atoms. The lowest BCUT2D eigenvalue weighted by molar-refractivity contribution is 0.669. The van der Waals surface area contributed by atoms with Gasteiger partial charge in [-0.1, -0.05) is 121 Å². The summed E-state index contributed by atoms with van der Waals surface area (Å²) in [6.45, 7) is 0. The third kappa shape index (κ3) is 4.60. The van der Waals surface area contributed by atoms with Crippen molar-refractivity contribution in [2.75, 3.05) is 0 Å². The van der Waals surface area contributed by atoms with E-state index in [1.165, 1.54) is 21.8 Å². The second-order valence-corrected chi connectivity index (χ2v) is 12.5. The van der Waals surface area contributed by atoms with E-state index in [1.807, 2.05) is 72.8 Å². The van der Waals surface area contributed by atoms with Gasteiger partial charge in [0.05, 0.1) is 16.6 Å². The maximum atomic E-state index is 6.71. The summed E-state index contributed by atoms with van der Waals surface area (Å²) < 4.78 is 9.05. The topological polar surface area (TPSA) is 56.7 Å². The van der Waals surface area contributed by atoms with E-state index in [-0.39, 0.29) is 0 Å². The van der Waals surface area contributed by atoms with E-state index in [2.05, 4.69) is 102 Å². The van der Waals surface area contributed by atoms with Gasteiger partial charge in [-0.2, -0.15) is 0 Å². The number of fused-ring (bicyclic) bond motifs is 6. The number of para-hydroxylation sites is 3. The van der Waals surface area contributed by atoms with Gasteiger partial charge in [-0.15, -0.1) is 0 Å². The maximum absolute atomic E-state index is 6.71. The van der Waals surface area contributed by atoms with E-state index in [1.54, 1.807) is 0 Å². The molecule has 50 heavy (non-hydrogen) atoms. The van der Waals surface area contributed by atoms with Crippen molar-refractivity contribution < 1.29 is 4.42 Å². The number of rotatable bonds is 5. The molecule has 10 rings (SSSR count). The minimum absolute atomic E-state index is 0.572. The molecule has 3 aromatic heterocycles. The first kappa shape index (κ1) is 28.2. The Bertz CT molecular complexity index is 2800. The third-order valence-corrected chi connectivity index (χ3v) is 9.46. The van der Waals surface area contributed by atoms with Crippen molar-refractivity contribution in [3.63, 3.8) is 0 Å². The Balaban J connectivity index is 1.12. The van der Waals surface area contributed by atoms with Crippen molar-refractivity contribution >= 4 is 43.7 Å². The van der Waals surface area contributed by atoms with Crippen LogP contribution in [-0.4, -0.2) is 19.5 Å². The summed E-state index contributed by atoms with van der Waals surface area (Å²) in [4.78, 5) is 14.8. The predicted octanol–water partition coefficient (Wildman–Crippen LogP) is 11.5. The molecule has 0 N–H and O–H groups in total. The van der Waals surface area contributed by atoms with Crippen molar-refractivity contribution in [1.82, 2.24) is 19.5 Å². The molecule has 10 aromatic rings. The summed E-state index contributed by atoms with van der Waals surface area (Å²) >= 11 is 0. The molecule has 0 saturated carbocycles. The van der Waals surface area contributed by atoms with Crippen LogP contribution in [-0.2, 0) is 0 Å². The van der Waals surface area contributed by atoms with Crippen LogP contribution in [0.15, 0.2) is 174 Å². The highest BCUT2D eigenvalue weighted by Crippen LogP contribution is 2.39. The van der Waals surface area contributed by atoms with Gasteiger partial charge in [-0.3, -0.25) is 0 Å². The minimum Gasteiger partial charge on any atom is -0.455 e. The monoisotopic (exact) mass is 640 g/mol. The highest BCUT2D eigenvalue weighted by molar-refractivity contribution is 6.12. The zero-order valence-corrected chi connectivity index (χ0v) is 26.9. The zero-order valence-electron chi connectivity index (χ0n) is 26.9. The molecule has 0 bridgehead atoms.